The second kappa shape index (κ2) is 7.23. The minimum atomic E-state index is 0.154. The zero-order valence-corrected chi connectivity index (χ0v) is 13.7. The van der Waals surface area contributed by atoms with Crippen molar-refractivity contribution in [2.45, 2.75) is 12.6 Å². The highest BCUT2D eigenvalue weighted by atomic mass is 79.9. The smallest absolute Gasteiger partial charge is 0.0551 e. The summed E-state index contributed by atoms with van der Waals surface area (Å²) in [5.41, 5.74) is 8.36. The summed E-state index contributed by atoms with van der Waals surface area (Å²) >= 11 is 9.59. The Kier molecular flexibility index (Phi) is 5.61. The van der Waals surface area contributed by atoms with Crippen LogP contribution in [-0.4, -0.2) is 18.5 Å². The number of rotatable bonds is 5. The Hall–Kier alpha value is -0.870. The van der Waals surface area contributed by atoms with E-state index in [1.165, 1.54) is 5.56 Å². The standard InChI is InChI=1S/C16H18BrClN2/c1-20(11-12-5-3-2-4-6-12)16(10-19)13-7-8-14(17)15(18)9-13/h2-9,16H,10-11,19H2,1H3. The van der Waals surface area contributed by atoms with Gasteiger partial charge < -0.3 is 5.73 Å². The molecule has 4 heteroatoms. The molecule has 0 aliphatic carbocycles. The first-order chi connectivity index (χ1) is 9.61. The number of benzene rings is 2. The van der Waals surface area contributed by atoms with Gasteiger partial charge in [-0.2, -0.15) is 0 Å². The third kappa shape index (κ3) is 3.83. The van der Waals surface area contributed by atoms with Crippen LogP contribution in [0.3, 0.4) is 0 Å². The van der Waals surface area contributed by atoms with E-state index in [2.05, 4.69) is 58.2 Å². The lowest BCUT2D eigenvalue weighted by Crippen LogP contribution is -2.30. The van der Waals surface area contributed by atoms with Crippen LogP contribution in [0.4, 0.5) is 0 Å². The second-order valence-electron chi connectivity index (χ2n) is 4.83. The Morgan fingerprint density at radius 2 is 1.90 bits per heavy atom. The maximum atomic E-state index is 6.17. The molecule has 0 aromatic heterocycles. The van der Waals surface area contributed by atoms with Crippen LogP contribution >= 0.6 is 27.5 Å². The molecule has 0 aliphatic heterocycles. The molecular weight excluding hydrogens is 336 g/mol. The van der Waals surface area contributed by atoms with Gasteiger partial charge in [0.25, 0.3) is 0 Å². The number of nitrogens with zero attached hydrogens (tertiary/aromatic N) is 1. The summed E-state index contributed by atoms with van der Waals surface area (Å²) in [4.78, 5) is 2.24. The van der Waals surface area contributed by atoms with Gasteiger partial charge in [0.05, 0.1) is 5.02 Å². The van der Waals surface area contributed by atoms with Crippen molar-refractivity contribution in [3.63, 3.8) is 0 Å². The fourth-order valence-corrected chi connectivity index (χ4v) is 2.71. The predicted octanol–water partition coefficient (Wildman–Crippen LogP) is 4.23. The van der Waals surface area contributed by atoms with E-state index < -0.39 is 0 Å². The Labute approximate surface area is 133 Å². The zero-order valence-electron chi connectivity index (χ0n) is 11.4. The molecule has 0 saturated carbocycles. The van der Waals surface area contributed by atoms with Gasteiger partial charge in [-0.15, -0.1) is 0 Å². The number of likely N-dealkylation sites (N-methyl/N-ethyl adjacent to an activating group) is 1. The second-order valence-corrected chi connectivity index (χ2v) is 6.09. The zero-order chi connectivity index (χ0) is 14.5. The van der Waals surface area contributed by atoms with Crippen LogP contribution in [0.5, 0.6) is 0 Å². The molecule has 0 saturated heterocycles. The minimum absolute atomic E-state index is 0.154. The molecule has 106 valence electrons. The Morgan fingerprint density at radius 3 is 2.50 bits per heavy atom. The lowest BCUT2D eigenvalue weighted by atomic mass is 10.0. The Bertz CT molecular complexity index is 560. The minimum Gasteiger partial charge on any atom is -0.329 e. The van der Waals surface area contributed by atoms with Crippen molar-refractivity contribution in [2.75, 3.05) is 13.6 Å². The summed E-state index contributed by atoms with van der Waals surface area (Å²) < 4.78 is 0.907. The molecule has 2 N–H and O–H groups in total. The van der Waals surface area contributed by atoms with Crippen molar-refractivity contribution in [3.05, 3.63) is 69.2 Å². The van der Waals surface area contributed by atoms with Crippen molar-refractivity contribution in [3.8, 4) is 0 Å². The highest BCUT2D eigenvalue weighted by molar-refractivity contribution is 9.10. The fourth-order valence-electron chi connectivity index (χ4n) is 2.27. The number of halogens is 2. The average molecular weight is 354 g/mol. The fraction of sp³-hybridized carbons (Fsp3) is 0.250. The van der Waals surface area contributed by atoms with Gasteiger partial charge in [0, 0.05) is 23.6 Å². The third-order valence-corrected chi connectivity index (χ3v) is 4.59. The molecule has 20 heavy (non-hydrogen) atoms. The van der Waals surface area contributed by atoms with Crippen molar-refractivity contribution in [2.24, 2.45) is 5.73 Å². The van der Waals surface area contributed by atoms with E-state index in [-0.39, 0.29) is 6.04 Å². The summed E-state index contributed by atoms with van der Waals surface area (Å²) in [5, 5.41) is 0.717. The largest absolute Gasteiger partial charge is 0.329 e. The van der Waals surface area contributed by atoms with Crippen LogP contribution in [0.25, 0.3) is 0 Å². The number of nitrogens with two attached hydrogens (primary N) is 1. The summed E-state index contributed by atoms with van der Waals surface area (Å²) in [6.45, 7) is 1.41. The monoisotopic (exact) mass is 352 g/mol. The van der Waals surface area contributed by atoms with E-state index in [4.69, 9.17) is 17.3 Å². The topological polar surface area (TPSA) is 29.3 Å². The first kappa shape index (κ1) is 15.5. The van der Waals surface area contributed by atoms with Gasteiger partial charge in [0.1, 0.15) is 0 Å². The Balaban J connectivity index is 2.16. The molecule has 2 nitrogen and oxygen atoms in total. The van der Waals surface area contributed by atoms with E-state index in [9.17, 15) is 0 Å². The molecule has 0 spiro atoms. The van der Waals surface area contributed by atoms with Crippen molar-refractivity contribution in [1.82, 2.24) is 4.90 Å². The first-order valence-electron chi connectivity index (χ1n) is 6.51. The van der Waals surface area contributed by atoms with Gasteiger partial charge >= 0.3 is 0 Å². The van der Waals surface area contributed by atoms with E-state index in [0.717, 1.165) is 16.6 Å². The molecule has 2 aromatic carbocycles. The highest BCUT2D eigenvalue weighted by Crippen LogP contribution is 2.28. The molecule has 0 heterocycles. The molecule has 0 bridgehead atoms. The van der Waals surface area contributed by atoms with Crippen LogP contribution in [0.1, 0.15) is 17.2 Å². The normalized spacial score (nSPS) is 12.7. The molecule has 2 aromatic rings. The van der Waals surface area contributed by atoms with Crippen LogP contribution < -0.4 is 5.73 Å². The lowest BCUT2D eigenvalue weighted by molar-refractivity contribution is 0.242. The van der Waals surface area contributed by atoms with E-state index in [1.807, 2.05) is 18.2 Å². The van der Waals surface area contributed by atoms with Gasteiger partial charge in [-0.1, -0.05) is 48.0 Å². The third-order valence-electron chi connectivity index (χ3n) is 3.36. The van der Waals surface area contributed by atoms with Gasteiger partial charge in [0.15, 0.2) is 0 Å². The number of hydrogen-bond donors (Lipinski definition) is 1. The van der Waals surface area contributed by atoms with Crippen LogP contribution in [0, 0.1) is 0 Å². The Morgan fingerprint density at radius 1 is 1.20 bits per heavy atom. The molecule has 2 rings (SSSR count). The molecule has 0 fully saturated rings. The maximum Gasteiger partial charge on any atom is 0.0551 e. The molecule has 1 unspecified atom stereocenters. The summed E-state index contributed by atoms with van der Waals surface area (Å²) in [5.74, 6) is 0. The summed E-state index contributed by atoms with van der Waals surface area (Å²) in [7, 11) is 2.08. The van der Waals surface area contributed by atoms with Gasteiger partial charge in [-0.3, -0.25) is 4.90 Å². The SMILES string of the molecule is CN(Cc1ccccc1)C(CN)c1ccc(Br)c(Cl)c1. The van der Waals surface area contributed by atoms with Crippen LogP contribution in [0.15, 0.2) is 53.0 Å². The van der Waals surface area contributed by atoms with Gasteiger partial charge in [-0.05, 0) is 46.2 Å². The lowest BCUT2D eigenvalue weighted by Gasteiger charge is -2.27. The molecule has 0 aliphatic rings. The van der Waals surface area contributed by atoms with E-state index >= 15 is 0 Å². The maximum absolute atomic E-state index is 6.17. The van der Waals surface area contributed by atoms with Crippen molar-refractivity contribution < 1.29 is 0 Å². The predicted molar refractivity (Wildman–Crippen MR) is 88.9 cm³/mol. The quantitative estimate of drug-likeness (QED) is 0.871. The molecule has 1 atom stereocenters. The summed E-state index contributed by atoms with van der Waals surface area (Å²) in [6, 6.07) is 16.5. The van der Waals surface area contributed by atoms with Crippen molar-refractivity contribution >= 4 is 27.5 Å². The number of hydrogen-bond acceptors (Lipinski definition) is 2. The van der Waals surface area contributed by atoms with Gasteiger partial charge in [-0.25, -0.2) is 0 Å². The van der Waals surface area contributed by atoms with Crippen molar-refractivity contribution in [1.29, 1.82) is 0 Å². The molecule has 0 radical (unpaired) electrons. The summed E-state index contributed by atoms with van der Waals surface area (Å²) in [6.07, 6.45) is 0. The van der Waals surface area contributed by atoms with Crippen LogP contribution in [-0.2, 0) is 6.54 Å². The van der Waals surface area contributed by atoms with E-state index in [1.54, 1.807) is 0 Å². The first-order valence-corrected chi connectivity index (χ1v) is 7.68. The van der Waals surface area contributed by atoms with E-state index in [0.29, 0.717) is 11.6 Å². The van der Waals surface area contributed by atoms with Gasteiger partial charge in [0.2, 0.25) is 0 Å². The van der Waals surface area contributed by atoms with Crippen LogP contribution in [0.2, 0.25) is 5.02 Å². The average Bonchev–Trinajstić information content (AvgIpc) is 2.44. The molecular formula is C16H18BrClN2. The molecule has 0 amide bonds. The highest BCUT2D eigenvalue weighted by Gasteiger charge is 2.16.